The lowest BCUT2D eigenvalue weighted by atomic mass is 10.5. The maximum atomic E-state index is 10.7. The lowest BCUT2D eigenvalue weighted by molar-refractivity contribution is -0.140. The minimum atomic E-state index is -0.186. The molecule has 1 heterocycles. The van der Waals surface area contributed by atoms with Crippen molar-refractivity contribution in [3.63, 3.8) is 0 Å². The van der Waals surface area contributed by atoms with Crippen LogP contribution in [0.1, 0.15) is 6.42 Å². The molecule has 3 nitrogen and oxygen atoms in total. The Kier molecular flexibility index (Phi) is 3.73. The molecule has 0 atom stereocenters. The van der Waals surface area contributed by atoms with E-state index < -0.39 is 0 Å². The fraction of sp³-hybridized carbons (Fsp3) is 0.375. The summed E-state index contributed by atoms with van der Waals surface area (Å²) in [5.41, 5.74) is 0. The van der Waals surface area contributed by atoms with Crippen molar-refractivity contribution in [2.75, 3.05) is 12.9 Å². The number of carbonyl (C=O) groups excluding carboxylic acids is 1. The standard InChI is InChI=1S/C8H10O3S/c1-10-7(9)4-6-12-8-3-2-5-11-8/h2-3,5H,4,6H2,1H3. The second-order valence-electron chi connectivity index (χ2n) is 2.11. The largest absolute Gasteiger partial charge is 0.469 e. The predicted molar refractivity (Wildman–Crippen MR) is 46.1 cm³/mol. The van der Waals surface area contributed by atoms with Crippen molar-refractivity contribution < 1.29 is 13.9 Å². The highest BCUT2D eigenvalue weighted by Gasteiger charge is 2.01. The highest BCUT2D eigenvalue weighted by atomic mass is 32.2. The van der Waals surface area contributed by atoms with Gasteiger partial charge < -0.3 is 9.15 Å². The summed E-state index contributed by atoms with van der Waals surface area (Å²) < 4.78 is 9.55. The molecule has 1 aromatic rings. The van der Waals surface area contributed by atoms with Crippen molar-refractivity contribution >= 4 is 17.7 Å². The van der Waals surface area contributed by atoms with Gasteiger partial charge in [0, 0.05) is 5.75 Å². The molecule has 0 amide bonds. The lowest BCUT2D eigenvalue weighted by Gasteiger charge is -1.96. The summed E-state index contributed by atoms with van der Waals surface area (Å²) in [7, 11) is 1.39. The van der Waals surface area contributed by atoms with Gasteiger partial charge in [0.05, 0.1) is 19.8 Å². The van der Waals surface area contributed by atoms with Gasteiger partial charge in [-0.15, -0.1) is 0 Å². The van der Waals surface area contributed by atoms with E-state index in [0.29, 0.717) is 12.2 Å². The molecule has 1 aromatic heterocycles. The van der Waals surface area contributed by atoms with E-state index in [1.54, 1.807) is 6.26 Å². The molecule has 0 N–H and O–H groups in total. The molecule has 0 aliphatic rings. The normalized spacial score (nSPS) is 9.75. The molecular formula is C8H10O3S. The Morgan fingerprint density at radius 3 is 3.17 bits per heavy atom. The average molecular weight is 186 g/mol. The van der Waals surface area contributed by atoms with E-state index >= 15 is 0 Å². The first-order valence-corrected chi connectivity index (χ1v) is 4.54. The molecule has 0 saturated heterocycles. The SMILES string of the molecule is COC(=O)CCSc1ccco1. The third kappa shape index (κ3) is 3.00. The molecule has 66 valence electrons. The van der Waals surface area contributed by atoms with E-state index in [2.05, 4.69) is 4.74 Å². The van der Waals surface area contributed by atoms with E-state index in [9.17, 15) is 4.79 Å². The van der Waals surface area contributed by atoms with Gasteiger partial charge in [-0.3, -0.25) is 4.79 Å². The first-order chi connectivity index (χ1) is 5.83. The van der Waals surface area contributed by atoms with Crippen LogP contribution in [-0.4, -0.2) is 18.8 Å². The maximum Gasteiger partial charge on any atom is 0.306 e. The number of hydrogen-bond donors (Lipinski definition) is 0. The summed E-state index contributed by atoms with van der Waals surface area (Å²) in [6, 6.07) is 3.68. The molecule has 0 bridgehead atoms. The summed E-state index contributed by atoms with van der Waals surface area (Å²) in [5, 5.41) is 0.832. The lowest BCUT2D eigenvalue weighted by Crippen LogP contribution is -2.00. The van der Waals surface area contributed by atoms with Gasteiger partial charge in [-0.25, -0.2) is 0 Å². The number of carbonyl (C=O) groups is 1. The van der Waals surface area contributed by atoms with Gasteiger partial charge in [-0.05, 0) is 12.1 Å². The minimum Gasteiger partial charge on any atom is -0.469 e. The molecule has 0 aromatic carbocycles. The van der Waals surface area contributed by atoms with Crippen LogP contribution >= 0.6 is 11.8 Å². The average Bonchev–Trinajstić information content (AvgIpc) is 2.57. The second kappa shape index (κ2) is 4.87. The van der Waals surface area contributed by atoms with Gasteiger partial charge in [0.25, 0.3) is 0 Å². The Hall–Kier alpha value is -0.900. The molecule has 0 aliphatic carbocycles. The van der Waals surface area contributed by atoms with Crippen molar-refractivity contribution in [2.24, 2.45) is 0 Å². The molecule has 12 heavy (non-hydrogen) atoms. The molecule has 4 heteroatoms. The fourth-order valence-electron chi connectivity index (χ4n) is 0.683. The Morgan fingerprint density at radius 1 is 1.75 bits per heavy atom. The maximum absolute atomic E-state index is 10.7. The zero-order valence-corrected chi connectivity index (χ0v) is 7.60. The summed E-state index contributed by atoms with van der Waals surface area (Å²) in [4.78, 5) is 10.7. The Balaban J connectivity index is 2.15. The number of thioether (sulfide) groups is 1. The van der Waals surface area contributed by atoms with Crippen LogP contribution in [0.25, 0.3) is 0 Å². The van der Waals surface area contributed by atoms with Crippen LogP contribution in [0, 0.1) is 0 Å². The third-order valence-electron chi connectivity index (χ3n) is 1.27. The van der Waals surface area contributed by atoms with Gasteiger partial charge in [0.1, 0.15) is 0 Å². The molecule has 0 fully saturated rings. The number of esters is 1. The fourth-order valence-corrected chi connectivity index (χ4v) is 1.45. The van der Waals surface area contributed by atoms with E-state index in [-0.39, 0.29) is 5.97 Å². The Labute approximate surface area is 75.1 Å². The monoisotopic (exact) mass is 186 g/mol. The highest BCUT2D eigenvalue weighted by molar-refractivity contribution is 7.99. The van der Waals surface area contributed by atoms with Crippen molar-refractivity contribution in [3.05, 3.63) is 18.4 Å². The number of furan rings is 1. The van der Waals surface area contributed by atoms with Crippen molar-refractivity contribution in [1.29, 1.82) is 0 Å². The topological polar surface area (TPSA) is 39.4 Å². The first kappa shape index (κ1) is 9.19. The van der Waals surface area contributed by atoms with Crippen LogP contribution in [0.2, 0.25) is 0 Å². The zero-order valence-electron chi connectivity index (χ0n) is 6.78. The molecule has 0 spiro atoms. The van der Waals surface area contributed by atoms with Crippen molar-refractivity contribution in [3.8, 4) is 0 Å². The molecule has 0 unspecified atom stereocenters. The summed E-state index contributed by atoms with van der Waals surface area (Å²) in [6.07, 6.45) is 2.03. The zero-order chi connectivity index (χ0) is 8.81. The number of hydrogen-bond acceptors (Lipinski definition) is 4. The third-order valence-corrected chi connectivity index (χ3v) is 2.20. The van der Waals surface area contributed by atoms with Crippen molar-refractivity contribution in [1.82, 2.24) is 0 Å². The van der Waals surface area contributed by atoms with Gasteiger partial charge >= 0.3 is 5.97 Å². The van der Waals surface area contributed by atoms with Gasteiger partial charge in [0.15, 0.2) is 5.09 Å². The van der Waals surface area contributed by atoms with E-state index in [1.165, 1.54) is 18.9 Å². The van der Waals surface area contributed by atoms with Gasteiger partial charge in [0.2, 0.25) is 0 Å². The first-order valence-electron chi connectivity index (χ1n) is 3.56. The van der Waals surface area contributed by atoms with Crippen LogP contribution in [0.15, 0.2) is 27.9 Å². The molecule has 0 aliphatic heterocycles. The summed E-state index contributed by atoms with van der Waals surface area (Å²) >= 11 is 1.50. The smallest absolute Gasteiger partial charge is 0.306 e. The molecule has 0 saturated carbocycles. The Morgan fingerprint density at radius 2 is 2.58 bits per heavy atom. The van der Waals surface area contributed by atoms with Crippen LogP contribution < -0.4 is 0 Å². The van der Waals surface area contributed by atoms with Crippen molar-refractivity contribution in [2.45, 2.75) is 11.5 Å². The van der Waals surface area contributed by atoms with Crippen LogP contribution in [0.3, 0.4) is 0 Å². The van der Waals surface area contributed by atoms with Crippen LogP contribution in [0.5, 0.6) is 0 Å². The predicted octanol–water partition coefficient (Wildman–Crippen LogP) is 1.93. The van der Waals surface area contributed by atoms with Crippen LogP contribution in [-0.2, 0) is 9.53 Å². The summed E-state index contributed by atoms with van der Waals surface area (Å²) in [5.74, 6) is 0.509. The Bertz CT molecular complexity index is 230. The minimum absolute atomic E-state index is 0.186. The van der Waals surface area contributed by atoms with E-state index in [1.807, 2.05) is 12.1 Å². The molecule has 1 rings (SSSR count). The van der Waals surface area contributed by atoms with Crippen LogP contribution in [0.4, 0.5) is 0 Å². The second-order valence-corrected chi connectivity index (χ2v) is 3.21. The molecular weight excluding hydrogens is 176 g/mol. The van der Waals surface area contributed by atoms with Gasteiger partial charge in [-0.2, -0.15) is 0 Å². The molecule has 0 radical (unpaired) electrons. The van der Waals surface area contributed by atoms with E-state index in [0.717, 1.165) is 5.09 Å². The highest BCUT2D eigenvalue weighted by Crippen LogP contribution is 2.18. The number of methoxy groups -OCH3 is 1. The number of ether oxygens (including phenoxy) is 1. The quantitative estimate of drug-likeness (QED) is 0.532. The van der Waals surface area contributed by atoms with E-state index in [4.69, 9.17) is 4.42 Å². The van der Waals surface area contributed by atoms with Gasteiger partial charge in [-0.1, -0.05) is 11.8 Å². The summed E-state index contributed by atoms with van der Waals surface area (Å²) in [6.45, 7) is 0. The number of rotatable bonds is 4.